The molecule has 3 rings (SSSR count). The van der Waals surface area contributed by atoms with Gasteiger partial charge in [-0.25, -0.2) is 0 Å². The fourth-order valence-electron chi connectivity index (χ4n) is 2.40. The molecule has 0 radical (unpaired) electrons. The zero-order valence-electron chi connectivity index (χ0n) is 10.6. The number of rotatable bonds is 1. The van der Waals surface area contributed by atoms with Gasteiger partial charge in [-0.3, -0.25) is 0 Å². The Kier molecular flexibility index (Phi) is 3.33. The van der Waals surface area contributed by atoms with Crippen LogP contribution in [-0.2, 0) is 0 Å². The van der Waals surface area contributed by atoms with Crippen LogP contribution >= 0.6 is 15.9 Å². The summed E-state index contributed by atoms with van der Waals surface area (Å²) in [4.78, 5) is 0. The molecule has 1 N–H and O–H groups in total. The highest BCUT2D eigenvalue weighted by Crippen LogP contribution is 2.41. The van der Waals surface area contributed by atoms with Gasteiger partial charge in [0.1, 0.15) is 11.9 Å². The molecule has 0 bridgehead atoms. The molecule has 2 atom stereocenters. The summed E-state index contributed by atoms with van der Waals surface area (Å²) < 4.78 is 6.96. The van der Waals surface area contributed by atoms with Crippen LogP contribution in [-0.4, -0.2) is 5.11 Å². The molecule has 2 aromatic carbocycles. The summed E-state index contributed by atoms with van der Waals surface area (Å²) in [5, 5.41) is 10.3. The van der Waals surface area contributed by atoms with Crippen LogP contribution in [0.3, 0.4) is 0 Å². The van der Waals surface area contributed by atoms with Gasteiger partial charge < -0.3 is 9.84 Å². The van der Waals surface area contributed by atoms with E-state index in [0.717, 1.165) is 21.3 Å². The van der Waals surface area contributed by atoms with E-state index in [1.165, 1.54) is 5.56 Å². The molecule has 2 aromatic rings. The highest BCUT2D eigenvalue weighted by atomic mass is 79.9. The van der Waals surface area contributed by atoms with E-state index in [0.29, 0.717) is 6.42 Å². The Morgan fingerprint density at radius 2 is 1.89 bits per heavy atom. The number of aliphatic hydroxyl groups is 1. The number of benzene rings is 2. The Morgan fingerprint density at radius 1 is 1.16 bits per heavy atom. The molecule has 1 unspecified atom stereocenters. The highest BCUT2D eigenvalue weighted by molar-refractivity contribution is 9.10. The van der Waals surface area contributed by atoms with Crippen LogP contribution in [0.2, 0.25) is 0 Å². The molecular formula is C16H15BrO2. The lowest BCUT2D eigenvalue weighted by atomic mass is 9.95. The molecule has 19 heavy (non-hydrogen) atoms. The Bertz CT molecular complexity index is 592. The summed E-state index contributed by atoms with van der Waals surface area (Å²) in [5.41, 5.74) is 3.19. The lowest BCUT2D eigenvalue weighted by molar-refractivity contribution is 0.0657. The fraction of sp³-hybridized carbons (Fsp3) is 0.250. The van der Waals surface area contributed by atoms with Crippen LogP contribution in [0.1, 0.15) is 35.3 Å². The minimum atomic E-state index is -0.479. The van der Waals surface area contributed by atoms with Crippen LogP contribution in [0.4, 0.5) is 0 Å². The van der Waals surface area contributed by atoms with Crippen molar-refractivity contribution < 1.29 is 9.84 Å². The SMILES string of the molecule is Cc1ccc(C2C[C@@H](O)c3cc(Br)ccc3O2)cc1. The first-order valence-corrected chi connectivity index (χ1v) is 7.13. The molecule has 3 heteroatoms. The van der Waals surface area contributed by atoms with Crippen LogP contribution in [0.5, 0.6) is 5.75 Å². The van der Waals surface area contributed by atoms with Crippen LogP contribution < -0.4 is 4.74 Å². The number of halogens is 1. The minimum Gasteiger partial charge on any atom is -0.485 e. The predicted molar refractivity (Wildman–Crippen MR) is 78.3 cm³/mol. The summed E-state index contributed by atoms with van der Waals surface area (Å²) in [7, 11) is 0. The first kappa shape index (κ1) is 12.7. The molecule has 1 aliphatic rings. The molecular weight excluding hydrogens is 304 g/mol. The lowest BCUT2D eigenvalue weighted by Gasteiger charge is -2.30. The summed E-state index contributed by atoms with van der Waals surface area (Å²) >= 11 is 3.42. The van der Waals surface area contributed by atoms with E-state index in [1.54, 1.807) is 0 Å². The molecule has 0 aliphatic carbocycles. The third-order valence-electron chi connectivity index (χ3n) is 3.49. The molecule has 98 valence electrons. The molecule has 1 heterocycles. The Balaban J connectivity index is 1.92. The van der Waals surface area contributed by atoms with Gasteiger partial charge in [0.05, 0.1) is 6.10 Å². The van der Waals surface area contributed by atoms with Crippen molar-refractivity contribution in [1.29, 1.82) is 0 Å². The Hall–Kier alpha value is -1.32. The average Bonchev–Trinajstić information content (AvgIpc) is 2.40. The number of hydrogen-bond acceptors (Lipinski definition) is 2. The first-order valence-electron chi connectivity index (χ1n) is 6.34. The standard InChI is InChI=1S/C16H15BrO2/c1-10-2-4-11(5-3-10)16-9-14(18)13-8-12(17)6-7-15(13)19-16/h2-8,14,16,18H,9H2,1H3/t14-,16?/m1/s1. The number of hydrogen-bond donors (Lipinski definition) is 1. The number of aliphatic hydroxyl groups excluding tert-OH is 1. The minimum absolute atomic E-state index is 0.0794. The topological polar surface area (TPSA) is 29.5 Å². The van der Waals surface area contributed by atoms with Gasteiger partial charge in [0.2, 0.25) is 0 Å². The maximum absolute atomic E-state index is 10.3. The second-order valence-electron chi connectivity index (χ2n) is 4.95. The van der Waals surface area contributed by atoms with E-state index in [2.05, 4.69) is 47.1 Å². The summed E-state index contributed by atoms with van der Waals surface area (Å²) in [6.07, 6.45) is 0.0313. The maximum Gasteiger partial charge on any atom is 0.127 e. The molecule has 0 amide bonds. The van der Waals surface area contributed by atoms with Gasteiger partial charge in [-0.05, 0) is 30.7 Å². The lowest BCUT2D eigenvalue weighted by Crippen LogP contribution is -2.19. The van der Waals surface area contributed by atoms with Crippen LogP contribution in [0.25, 0.3) is 0 Å². The normalized spacial score (nSPS) is 21.6. The van der Waals surface area contributed by atoms with Gasteiger partial charge in [0, 0.05) is 16.5 Å². The fourth-order valence-corrected chi connectivity index (χ4v) is 2.78. The zero-order chi connectivity index (χ0) is 13.4. The summed E-state index contributed by atoms with van der Waals surface area (Å²) in [6.45, 7) is 2.06. The van der Waals surface area contributed by atoms with Crippen molar-refractivity contribution in [3.63, 3.8) is 0 Å². The van der Waals surface area contributed by atoms with Crippen molar-refractivity contribution in [2.75, 3.05) is 0 Å². The van der Waals surface area contributed by atoms with Crippen molar-refractivity contribution in [3.05, 3.63) is 63.6 Å². The molecule has 0 fully saturated rings. The second-order valence-corrected chi connectivity index (χ2v) is 5.87. The van der Waals surface area contributed by atoms with Crippen molar-refractivity contribution in [3.8, 4) is 5.75 Å². The van der Waals surface area contributed by atoms with Gasteiger partial charge in [-0.15, -0.1) is 0 Å². The van der Waals surface area contributed by atoms with E-state index in [-0.39, 0.29) is 6.10 Å². The first-order chi connectivity index (χ1) is 9.13. The van der Waals surface area contributed by atoms with Gasteiger partial charge >= 0.3 is 0 Å². The number of ether oxygens (including phenoxy) is 1. The largest absolute Gasteiger partial charge is 0.485 e. The number of fused-ring (bicyclic) bond motifs is 1. The van der Waals surface area contributed by atoms with Gasteiger partial charge in [0.15, 0.2) is 0 Å². The monoisotopic (exact) mass is 318 g/mol. The summed E-state index contributed by atoms with van der Waals surface area (Å²) in [6, 6.07) is 14.0. The van der Waals surface area contributed by atoms with Gasteiger partial charge in [-0.2, -0.15) is 0 Å². The molecule has 1 aliphatic heterocycles. The third-order valence-corrected chi connectivity index (χ3v) is 3.98. The predicted octanol–water partition coefficient (Wildman–Crippen LogP) is 4.31. The second kappa shape index (κ2) is 4.99. The van der Waals surface area contributed by atoms with E-state index >= 15 is 0 Å². The van der Waals surface area contributed by atoms with Crippen molar-refractivity contribution in [1.82, 2.24) is 0 Å². The molecule has 0 spiro atoms. The highest BCUT2D eigenvalue weighted by Gasteiger charge is 2.27. The average molecular weight is 319 g/mol. The van der Waals surface area contributed by atoms with E-state index < -0.39 is 6.10 Å². The van der Waals surface area contributed by atoms with Gasteiger partial charge in [0.25, 0.3) is 0 Å². The van der Waals surface area contributed by atoms with Crippen molar-refractivity contribution in [2.24, 2.45) is 0 Å². The third kappa shape index (κ3) is 2.53. The summed E-state index contributed by atoms with van der Waals surface area (Å²) in [5.74, 6) is 0.771. The quantitative estimate of drug-likeness (QED) is 0.848. The van der Waals surface area contributed by atoms with Crippen molar-refractivity contribution >= 4 is 15.9 Å². The van der Waals surface area contributed by atoms with Crippen molar-refractivity contribution in [2.45, 2.75) is 25.6 Å². The van der Waals surface area contributed by atoms with E-state index in [4.69, 9.17) is 4.74 Å². The molecule has 0 saturated carbocycles. The molecule has 2 nitrogen and oxygen atoms in total. The molecule has 0 aromatic heterocycles. The number of aryl methyl sites for hydroxylation is 1. The molecule has 0 saturated heterocycles. The Labute approximate surface area is 121 Å². The van der Waals surface area contributed by atoms with E-state index in [9.17, 15) is 5.11 Å². The smallest absolute Gasteiger partial charge is 0.127 e. The van der Waals surface area contributed by atoms with Gasteiger partial charge in [-0.1, -0.05) is 45.8 Å². The zero-order valence-corrected chi connectivity index (χ0v) is 12.2. The van der Waals surface area contributed by atoms with Crippen LogP contribution in [0.15, 0.2) is 46.9 Å². The Morgan fingerprint density at radius 3 is 2.63 bits per heavy atom. The maximum atomic E-state index is 10.3. The van der Waals surface area contributed by atoms with Crippen LogP contribution in [0, 0.1) is 6.92 Å². The van der Waals surface area contributed by atoms with E-state index in [1.807, 2.05) is 18.2 Å².